The fraction of sp³-hybridized carbons (Fsp3) is 0.0667. The summed E-state index contributed by atoms with van der Waals surface area (Å²) in [6, 6.07) is 30.2. The van der Waals surface area contributed by atoms with Gasteiger partial charge in [0.25, 0.3) is 0 Å². The second kappa shape index (κ2) is 10.1. The van der Waals surface area contributed by atoms with Gasteiger partial charge < -0.3 is 19.1 Å². The van der Waals surface area contributed by atoms with Gasteiger partial charge in [-0.15, -0.1) is 0 Å². The number of fused-ring (bicyclic) bond motifs is 2. The average molecular weight is 475 g/mol. The smallest absolute Gasteiger partial charge is 0.371 e. The van der Waals surface area contributed by atoms with Crippen LogP contribution in [0.4, 0.5) is 0 Å². The number of ether oxygens (including phenoxy) is 2. The van der Waals surface area contributed by atoms with E-state index in [4.69, 9.17) is 14.7 Å². The molecule has 0 atom stereocenters. The normalized spacial score (nSPS) is 11.4. The molecule has 0 bridgehead atoms. The van der Waals surface area contributed by atoms with Crippen molar-refractivity contribution in [3.05, 3.63) is 114 Å². The van der Waals surface area contributed by atoms with Crippen LogP contribution in [0.15, 0.2) is 103 Å². The first-order valence-electron chi connectivity index (χ1n) is 11.4. The topological polar surface area (TPSA) is 84.5 Å². The number of carbonyl (C=O) groups is 1. The predicted octanol–water partition coefficient (Wildman–Crippen LogP) is 6.25. The van der Waals surface area contributed by atoms with Gasteiger partial charge in [0.2, 0.25) is 5.76 Å². The molecule has 1 N–H and O–H groups in total. The molecule has 6 nitrogen and oxygen atoms in total. The van der Waals surface area contributed by atoms with Gasteiger partial charge in [-0.25, -0.2) is 4.79 Å². The number of hydrogen-bond donors (Lipinski definition) is 1. The summed E-state index contributed by atoms with van der Waals surface area (Å²) < 4.78 is 13.8. The Balaban J connectivity index is 1.25. The molecule has 1 heterocycles. The number of aliphatic carboxylic acids is 1. The van der Waals surface area contributed by atoms with Crippen LogP contribution in [0.5, 0.6) is 11.5 Å². The summed E-state index contributed by atoms with van der Waals surface area (Å²) in [6.07, 6.45) is 3.47. The van der Waals surface area contributed by atoms with Crippen LogP contribution in [0.2, 0.25) is 0 Å². The number of rotatable bonds is 8. The summed E-state index contributed by atoms with van der Waals surface area (Å²) >= 11 is 0. The molecular formula is C30H22N2O4. The minimum Gasteiger partial charge on any atom is -0.492 e. The fourth-order valence-corrected chi connectivity index (χ4v) is 4.08. The van der Waals surface area contributed by atoms with Crippen LogP contribution in [0.25, 0.3) is 27.8 Å². The highest BCUT2D eigenvalue weighted by Gasteiger charge is 2.12. The lowest BCUT2D eigenvalue weighted by Crippen LogP contribution is -2.08. The lowest BCUT2D eigenvalue weighted by Gasteiger charge is -2.10. The van der Waals surface area contributed by atoms with Crippen molar-refractivity contribution in [2.75, 3.05) is 6.61 Å². The van der Waals surface area contributed by atoms with E-state index in [-0.39, 0.29) is 5.76 Å². The van der Waals surface area contributed by atoms with Crippen LogP contribution in [0.1, 0.15) is 11.1 Å². The van der Waals surface area contributed by atoms with Crippen molar-refractivity contribution in [1.29, 1.82) is 5.26 Å². The van der Waals surface area contributed by atoms with E-state index >= 15 is 0 Å². The van der Waals surface area contributed by atoms with Gasteiger partial charge in [0, 0.05) is 22.5 Å². The molecule has 0 aliphatic carbocycles. The molecule has 0 saturated heterocycles. The Kier molecular flexibility index (Phi) is 6.37. The Bertz CT molecular complexity index is 1620. The molecule has 1 aromatic heterocycles. The summed E-state index contributed by atoms with van der Waals surface area (Å²) in [6.45, 7) is 1.11. The second-order valence-electron chi connectivity index (χ2n) is 8.21. The Morgan fingerprint density at radius 3 is 2.56 bits per heavy atom. The minimum absolute atomic E-state index is 0.168. The van der Waals surface area contributed by atoms with Crippen LogP contribution in [-0.2, 0) is 11.3 Å². The number of carboxylic acids is 1. The number of hydrogen-bond acceptors (Lipinski definition) is 4. The zero-order valence-corrected chi connectivity index (χ0v) is 19.3. The van der Waals surface area contributed by atoms with E-state index in [0.717, 1.165) is 21.7 Å². The van der Waals surface area contributed by atoms with Crippen molar-refractivity contribution in [3.63, 3.8) is 0 Å². The second-order valence-corrected chi connectivity index (χ2v) is 8.21. The van der Waals surface area contributed by atoms with Gasteiger partial charge in [-0.05, 0) is 59.5 Å². The van der Waals surface area contributed by atoms with Crippen molar-refractivity contribution < 1.29 is 19.4 Å². The Morgan fingerprint density at radius 2 is 1.75 bits per heavy atom. The summed E-state index contributed by atoms with van der Waals surface area (Å²) in [5, 5.41) is 21.6. The van der Waals surface area contributed by atoms with E-state index in [1.165, 1.54) is 6.08 Å². The number of aromatic nitrogens is 1. The molecule has 0 aliphatic heterocycles. The molecule has 4 aromatic carbocycles. The van der Waals surface area contributed by atoms with E-state index in [2.05, 4.69) is 10.6 Å². The third-order valence-corrected chi connectivity index (χ3v) is 5.86. The van der Waals surface area contributed by atoms with Crippen LogP contribution in [0, 0.1) is 11.3 Å². The molecule has 0 fully saturated rings. The van der Waals surface area contributed by atoms with Gasteiger partial charge in [0.1, 0.15) is 18.1 Å². The average Bonchev–Trinajstić information content (AvgIpc) is 3.31. The molecule has 176 valence electrons. The van der Waals surface area contributed by atoms with E-state index in [0.29, 0.717) is 35.8 Å². The maximum absolute atomic E-state index is 11.9. The summed E-state index contributed by atoms with van der Waals surface area (Å²) in [7, 11) is 0. The van der Waals surface area contributed by atoms with Crippen LogP contribution >= 0.6 is 0 Å². The summed E-state index contributed by atoms with van der Waals surface area (Å²) in [5.74, 6) is -0.145. The third-order valence-electron chi connectivity index (χ3n) is 5.86. The largest absolute Gasteiger partial charge is 0.492 e. The van der Waals surface area contributed by atoms with Crippen molar-refractivity contribution in [1.82, 2.24) is 4.57 Å². The maximum Gasteiger partial charge on any atom is 0.371 e. The van der Waals surface area contributed by atoms with Gasteiger partial charge in [0.05, 0.1) is 18.2 Å². The highest BCUT2D eigenvalue weighted by Crippen LogP contribution is 2.27. The number of carboxylic acid groups (broad SMARTS) is 1. The zero-order valence-electron chi connectivity index (χ0n) is 19.3. The zero-order chi connectivity index (χ0) is 24.9. The highest BCUT2D eigenvalue weighted by molar-refractivity contribution is 5.93. The quantitative estimate of drug-likeness (QED) is 0.212. The summed E-state index contributed by atoms with van der Waals surface area (Å²) in [4.78, 5) is 11.9. The molecule has 5 rings (SSSR count). The molecule has 0 unspecified atom stereocenters. The van der Waals surface area contributed by atoms with Crippen LogP contribution in [-0.4, -0.2) is 22.2 Å². The number of nitrogens with zero attached hydrogens (tertiary/aromatic N) is 2. The number of benzene rings is 4. The highest BCUT2D eigenvalue weighted by atomic mass is 16.5. The molecule has 0 aliphatic rings. The minimum atomic E-state index is -1.15. The van der Waals surface area contributed by atoms with Crippen molar-refractivity contribution in [2.45, 2.75) is 6.54 Å². The van der Waals surface area contributed by atoms with Crippen molar-refractivity contribution in [3.8, 4) is 17.6 Å². The van der Waals surface area contributed by atoms with Crippen molar-refractivity contribution >= 4 is 33.7 Å². The number of nitriles is 1. The van der Waals surface area contributed by atoms with Gasteiger partial charge in [-0.1, -0.05) is 48.5 Å². The first-order valence-corrected chi connectivity index (χ1v) is 11.4. The molecule has 0 spiro atoms. The summed E-state index contributed by atoms with van der Waals surface area (Å²) in [5.41, 5.74) is 2.37. The Morgan fingerprint density at radius 1 is 0.944 bits per heavy atom. The van der Waals surface area contributed by atoms with Gasteiger partial charge in [-0.3, -0.25) is 0 Å². The first-order chi connectivity index (χ1) is 17.6. The maximum atomic E-state index is 11.9. The van der Waals surface area contributed by atoms with E-state index in [9.17, 15) is 9.90 Å². The first kappa shape index (κ1) is 22.8. The lowest BCUT2D eigenvalue weighted by molar-refractivity contribution is -0.134. The van der Waals surface area contributed by atoms with Crippen molar-refractivity contribution in [2.24, 2.45) is 0 Å². The van der Waals surface area contributed by atoms with Crippen LogP contribution in [0.3, 0.4) is 0 Å². The molecule has 0 radical (unpaired) electrons. The van der Waals surface area contributed by atoms with Gasteiger partial charge >= 0.3 is 5.97 Å². The monoisotopic (exact) mass is 474 g/mol. The molecule has 5 aromatic rings. The van der Waals surface area contributed by atoms with Gasteiger partial charge in [-0.2, -0.15) is 5.26 Å². The Hall–Kier alpha value is -5.02. The van der Waals surface area contributed by atoms with E-state index in [1.807, 2.05) is 60.8 Å². The lowest BCUT2D eigenvalue weighted by atomic mass is 10.1. The van der Waals surface area contributed by atoms with Crippen LogP contribution < -0.4 is 9.47 Å². The molecule has 0 saturated carbocycles. The molecule has 0 amide bonds. The predicted molar refractivity (Wildman–Crippen MR) is 139 cm³/mol. The standard InChI is InChI=1S/C30H22N2O4/c31-20-22-10-13-27-24(18-22)14-15-32(27)16-17-35-25-11-8-21(9-12-25)19-29(30(33)34)36-28-7-3-5-23-4-1-2-6-26(23)28/h1-15,18-19H,16-17H2,(H,33,34)/b29-19-. The third kappa shape index (κ3) is 4.91. The van der Waals surface area contributed by atoms with E-state index in [1.54, 1.807) is 36.4 Å². The molecule has 36 heavy (non-hydrogen) atoms. The molecule has 6 heteroatoms. The van der Waals surface area contributed by atoms with Gasteiger partial charge in [0.15, 0.2) is 0 Å². The van der Waals surface area contributed by atoms with E-state index < -0.39 is 5.97 Å². The fourth-order valence-electron chi connectivity index (χ4n) is 4.08. The molecular weight excluding hydrogens is 452 g/mol. The SMILES string of the molecule is N#Cc1ccc2c(ccn2CCOc2ccc(/C=C(\Oc3cccc4ccccc34)C(=O)O)cc2)c1. The Labute approximate surface area is 207 Å².